The van der Waals surface area contributed by atoms with Gasteiger partial charge in [0.1, 0.15) is 10.5 Å². The monoisotopic (exact) mass is 304 g/mol. The predicted octanol–water partition coefficient (Wildman–Crippen LogP) is 1.46. The van der Waals surface area contributed by atoms with E-state index in [-0.39, 0.29) is 6.04 Å². The highest BCUT2D eigenvalue weighted by molar-refractivity contribution is 7.71. The average Bonchev–Trinajstić information content (AvgIpc) is 2.87. The van der Waals surface area contributed by atoms with E-state index in [1.54, 1.807) is 4.68 Å². The highest BCUT2D eigenvalue weighted by Gasteiger charge is 2.25. The number of hydrogen-bond acceptors (Lipinski definition) is 5. The molecule has 1 aliphatic heterocycles. The van der Waals surface area contributed by atoms with E-state index in [0.717, 1.165) is 36.7 Å². The summed E-state index contributed by atoms with van der Waals surface area (Å²) in [6.45, 7) is 3.06. The zero-order valence-corrected chi connectivity index (χ0v) is 13.4. The van der Waals surface area contributed by atoms with Crippen LogP contribution in [0.3, 0.4) is 0 Å². The average molecular weight is 304 g/mol. The van der Waals surface area contributed by atoms with Gasteiger partial charge in [-0.3, -0.25) is 9.58 Å². The Balaban J connectivity index is 1.99. The van der Waals surface area contributed by atoms with Crippen LogP contribution in [0.1, 0.15) is 11.9 Å². The molecule has 2 aromatic heterocycles. The van der Waals surface area contributed by atoms with E-state index in [4.69, 9.17) is 12.2 Å². The lowest BCUT2D eigenvalue weighted by Gasteiger charge is -2.37. The molecule has 3 rings (SSSR count). The molecule has 0 aromatic carbocycles. The Hall–Kier alpha value is -1.57. The summed E-state index contributed by atoms with van der Waals surface area (Å²) in [5.74, 6) is 0.926. The highest BCUT2D eigenvalue weighted by atomic mass is 32.1. The van der Waals surface area contributed by atoms with Crippen LogP contribution in [-0.2, 0) is 7.05 Å². The topological polar surface area (TPSA) is 53.0 Å². The Morgan fingerprint density at radius 1 is 1.29 bits per heavy atom. The van der Waals surface area contributed by atoms with Crippen molar-refractivity contribution >= 4 is 12.2 Å². The van der Waals surface area contributed by atoms with Gasteiger partial charge in [0.15, 0.2) is 0 Å². The van der Waals surface area contributed by atoms with Crippen LogP contribution in [0, 0.1) is 4.64 Å². The molecule has 3 heterocycles. The second kappa shape index (κ2) is 5.67. The van der Waals surface area contributed by atoms with E-state index < -0.39 is 0 Å². The first-order valence-electron chi connectivity index (χ1n) is 7.02. The molecule has 1 atom stereocenters. The van der Waals surface area contributed by atoms with Crippen molar-refractivity contribution in [3.63, 3.8) is 0 Å². The van der Waals surface area contributed by atoms with Crippen molar-refractivity contribution in [2.24, 2.45) is 7.05 Å². The van der Waals surface area contributed by atoms with Gasteiger partial charge >= 0.3 is 0 Å². The largest absolute Gasteiger partial charge is 0.342 e. The van der Waals surface area contributed by atoms with Gasteiger partial charge in [-0.2, -0.15) is 5.10 Å². The molecular weight excluding hydrogens is 284 g/mol. The third-order valence-electron chi connectivity index (χ3n) is 3.94. The molecule has 1 aliphatic rings. The van der Waals surface area contributed by atoms with Crippen molar-refractivity contribution in [1.82, 2.24) is 29.5 Å². The first-order chi connectivity index (χ1) is 10.0. The van der Waals surface area contributed by atoms with Crippen LogP contribution in [0.25, 0.3) is 11.3 Å². The van der Waals surface area contributed by atoms with Crippen LogP contribution < -0.4 is 0 Å². The zero-order valence-electron chi connectivity index (χ0n) is 12.6. The van der Waals surface area contributed by atoms with Crippen molar-refractivity contribution in [1.29, 1.82) is 0 Å². The second-order valence-corrected chi connectivity index (χ2v) is 6.10. The van der Waals surface area contributed by atoms with E-state index in [1.807, 2.05) is 25.5 Å². The van der Waals surface area contributed by atoms with E-state index in [2.05, 4.69) is 39.0 Å². The molecule has 0 aliphatic carbocycles. The fraction of sp³-hybridized carbons (Fsp3) is 0.500. The summed E-state index contributed by atoms with van der Waals surface area (Å²) in [6, 6.07) is 2.13. The quantitative estimate of drug-likeness (QED) is 0.851. The molecule has 0 spiro atoms. The smallest absolute Gasteiger partial charge is 0.130 e. The SMILES string of the molecule is CN1CCN(C)C(c2nc(=S)cc(-c3cnn(C)c3)[nH]2)C1. The number of likely N-dealkylation sites (N-methyl/N-ethyl adjacent to an activating group) is 2. The molecule has 1 fully saturated rings. The fourth-order valence-corrected chi connectivity index (χ4v) is 2.87. The molecule has 6 nitrogen and oxygen atoms in total. The van der Waals surface area contributed by atoms with Gasteiger partial charge in [0.25, 0.3) is 0 Å². The van der Waals surface area contributed by atoms with Crippen LogP contribution >= 0.6 is 12.2 Å². The van der Waals surface area contributed by atoms with Crippen LogP contribution in [0.4, 0.5) is 0 Å². The molecule has 1 N–H and O–H groups in total. The molecular formula is C14H20N6S. The summed E-state index contributed by atoms with van der Waals surface area (Å²) in [5.41, 5.74) is 2.00. The van der Waals surface area contributed by atoms with Crippen LogP contribution in [0.2, 0.25) is 0 Å². The van der Waals surface area contributed by atoms with Crippen molar-refractivity contribution in [2.75, 3.05) is 33.7 Å². The van der Waals surface area contributed by atoms with Crippen molar-refractivity contribution in [3.8, 4) is 11.3 Å². The number of aromatic nitrogens is 4. The fourth-order valence-electron chi connectivity index (χ4n) is 2.66. The second-order valence-electron chi connectivity index (χ2n) is 5.68. The lowest BCUT2D eigenvalue weighted by Crippen LogP contribution is -2.45. The van der Waals surface area contributed by atoms with Gasteiger partial charge < -0.3 is 9.88 Å². The van der Waals surface area contributed by atoms with Crippen molar-refractivity contribution in [2.45, 2.75) is 6.04 Å². The lowest BCUT2D eigenvalue weighted by molar-refractivity contribution is 0.109. The van der Waals surface area contributed by atoms with Gasteiger partial charge in [0, 0.05) is 38.4 Å². The third-order valence-corrected chi connectivity index (χ3v) is 4.15. The molecule has 112 valence electrons. The Bertz CT molecular complexity index is 691. The number of rotatable bonds is 2. The number of nitrogens with one attached hydrogen (secondary N) is 1. The number of hydrogen-bond donors (Lipinski definition) is 1. The number of H-pyrrole nitrogens is 1. The van der Waals surface area contributed by atoms with Gasteiger partial charge in [-0.1, -0.05) is 12.2 Å². The van der Waals surface area contributed by atoms with E-state index in [1.165, 1.54) is 0 Å². The molecule has 21 heavy (non-hydrogen) atoms. The molecule has 7 heteroatoms. The Labute approximate surface area is 129 Å². The Kier molecular flexibility index (Phi) is 3.88. The highest BCUT2D eigenvalue weighted by Crippen LogP contribution is 2.23. The van der Waals surface area contributed by atoms with Crippen LogP contribution in [-0.4, -0.2) is 63.3 Å². The number of aryl methyl sites for hydroxylation is 1. The number of piperazine rings is 1. The van der Waals surface area contributed by atoms with E-state index in [9.17, 15) is 0 Å². The van der Waals surface area contributed by atoms with Crippen LogP contribution in [0.15, 0.2) is 18.5 Å². The van der Waals surface area contributed by atoms with Gasteiger partial charge in [0.2, 0.25) is 0 Å². The summed E-state index contributed by atoms with van der Waals surface area (Å²) >= 11 is 5.34. The maximum Gasteiger partial charge on any atom is 0.130 e. The number of aromatic amines is 1. The first kappa shape index (κ1) is 14.4. The molecule has 0 bridgehead atoms. The van der Waals surface area contributed by atoms with Gasteiger partial charge in [-0.25, -0.2) is 4.98 Å². The zero-order chi connectivity index (χ0) is 15.0. The minimum atomic E-state index is 0.238. The van der Waals surface area contributed by atoms with Gasteiger partial charge in [-0.05, 0) is 20.2 Å². The first-order valence-corrected chi connectivity index (χ1v) is 7.43. The minimum Gasteiger partial charge on any atom is -0.342 e. The van der Waals surface area contributed by atoms with Crippen molar-refractivity contribution in [3.05, 3.63) is 28.9 Å². The maximum absolute atomic E-state index is 5.34. The Morgan fingerprint density at radius 2 is 2.10 bits per heavy atom. The summed E-state index contributed by atoms with van der Waals surface area (Å²) in [6.07, 6.45) is 3.81. The van der Waals surface area contributed by atoms with Gasteiger partial charge in [0.05, 0.1) is 17.9 Å². The summed E-state index contributed by atoms with van der Waals surface area (Å²) < 4.78 is 2.40. The number of nitrogens with zero attached hydrogens (tertiary/aromatic N) is 5. The summed E-state index contributed by atoms with van der Waals surface area (Å²) in [4.78, 5) is 12.6. The van der Waals surface area contributed by atoms with Gasteiger partial charge in [-0.15, -0.1) is 0 Å². The maximum atomic E-state index is 5.34. The molecule has 0 radical (unpaired) electrons. The van der Waals surface area contributed by atoms with E-state index in [0.29, 0.717) is 4.64 Å². The molecule has 0 saturated carbocycles. The summed E-state index contributed by atoms with van der Waals surface area (Å²) in [5, 5.41) is 4.22. The molecule has 0 amide bonds. The van der Waals surface area contributed by atoms with Crippen molar-refractivity contribution < 1.29 is 0 Å². The molecule has 1 saturated heterocycles. The summed E-state index contributed by atoms with van der Waals surface area (Å²) in [7, 11) is 6.18. The molecule has 1 unspecified atom stereocenters. The van der Waals surface area contributed by atoms with Crippen LogP contribution in [0.5, 0.6) is 0 Å². The Morgan fingerprint density at radius 3 is 2.81 bits per heavy atom. The third kappa shape index (κ3) is 3.04. The minimum absolute atomic E-state index is 0.238. The lowest BCUT2D eigenvalue weighted by atomic mass is 10.1. The van der Waals surface area contributed by atoms with E-state index >= 15 is 0 Å². The normalized spacial score (nSPS) is 20.8. The standard InChI is InChI=1S/C14H20N6S/c1-18-4-5-19(2)12(9-18)14-16-11(6-13(21)17-14)10-7-15-20(3)8-10/h6-8,12H,4-5,9H2,1-3H3,(H,16,17,21). The molecule has 2 aromatic rings. The predicted molar refractivity (Wildman–Crippen MR) is 84.5 cm³/mol.